The van der Waals surface area contributed by atoms with Crippen molar-refractivity contribution < 1.29 is 9.90 Å². The molecule has 0 radical (unpaired) electrons. The van der Waals surface area contributed by atoms with Crippen LogP contribution in [0.4, 0.5) is 0 Å². The van der Waals surface area contributed by atoms with Gasteiger partial charge < -0.3 is 5.11 Å². The molecule has 1 aromatic carbocycles. The van der Waals surface area contributed by atoms with Crippen LogP contribution in [0.25, 0.3) is 0 Å². The molecule has 0 saturated heterocycles. The predicted molar refractivity (Wildman–Crippen MR) is 63.9 cm³/mol. The van der Waals surface area contributed by atoms with Crippen LogP contribution in [0.1, 0.15) is 17.8 Å². The zero-order chi connectivity index (χ0) is 12.8. The molecule has 0 atom stereocenters. The van der Waals surface area contributed by atoms with Gasteiger partial charge in [0.15, 0.2) is 5.82 Å². The third kappa shape index (κ3) is 3.38. The quantitative estimate of drug-likeness (QED) is 0.820. The van der Waals surface area contributed by atoms with Crippen molar-refractivity contribution in [1.29, 1.82) is 0 Å². The van der Waals surface area contributed by atoms with Gasteiger partial charge in [0.25, 0.3) is 0 Å². The number of hydrogen-bond donors (Lipinski definition) is 1. The number of aromatic nitrogens is 4. The molecule has 2 aromatic rings. The summed E-state index contributed by atoms with van der Waals surface area (Å²) in [5.74, 6) is -0.125. The first-order chi connectivity index (χ1) is 8.75. The Morgan fingerprint density at radius 1 is 1.22 bits per heavy atom. The second-order valence-electron chi connectivity index (χ2n) is 3.95. The van der Waals surface area contributed by atoms with Gasteiger partial charge >= 0.3 is 5.97 Å². The number of nitrogens with zero attached hydrogens (tertiary/aromatic N) is 4. The molecule has 18 heavy (non-hydrogen) atoms. The van der Waals surface area contributed by atoms with E-state index in [1.165, 1.54) is 5.56 Å². The third-order valence-corrected chi connectivity index (χ3v) is 2.62. The molecule has 0 amide bonds. The molecule has 0 aliphatic rings. The standard InChI is InChI=1S/C12H14N4O2/c17-12(18)8-9-16-11(13-14-15-16)7-6-10-4-2-1-3-5-10/h1-5H,6-9H2,(H,17,18). The average molecular weight is 246 g/mol. The Balaban J connectivity index is 1.93. The lowest BCUT2D eigenvalue weighted by Crippen LogP contribution is -2.10. The Morgan fingerprint density at radius 2 is 2.00 bits per heavy atom. The van der Waals surface area contributed by atoms with E-state index in [1.54, 1.807) is 4.68 Å². The van der Waals surface area contributed by atoms with E-state index in [1.807, 2.05) is 30.3 Å². The molecule has 1 N–H and O–H groups in total. The normalized spacial score (nSPS) is 10.4. The Labute approximate surface area is 104 Å². The molecule has 1 aromatic heterocycles. The van der Waals surface area contributed by atoms with E-state index < -0.39 is 5.97 Å². The minimum atomic E-state index is -0.848. The highest BCUT2D eigenvalue weighted by atomic mass is 16.4. The monoisotopic (exact) mass is 246 g/mol. The molecular formula is C12H14N4O2. The van der Waals surface area contributed by atoms with Crippen molar-refractivity contribution in [2.75, 3.05) is 0 Å². The Hall–Kier alpha value is -2.24. The van der Waals surface area contributed by atoms with Gasteiger partial charge in [-0.3, -0.25) is 4.79 Å². The summed E-state index contributed by atoms with van der Waals surface area (Å²) in [5.41, 5.74) is 1.21. The highest BCUT2D eigenvalue weighted by molar-refractivity contribution is 5.66. The summed E-state index contributed by atoms with van der Waals surface area (Å²) in [5, 5.41) is 19.9. The summed E-state index contributed by atoms with van der Waals surface area (Å²) in [6.07, 6.45) is 1.58. The van der Waals surface area contributed by atoms with Crippen LogP contribution in [0.15, 0.2) is 30.3 Å². The highest BCUT2D eigenvalue weighted by Crippen LogP contribution is 2.04. The molecule has 6 heteroatoms. The van der Waals surface area contributed by atoms with Gasteiger partial charge in [-0.1, -0.05) is 30.3 Å². The summed E-state index contributed by atoms with van der Waals surface area (Å²) in [6, 6.07) is 10.0. The molecule has 0 unspecified atom stereocenters. The fraction of sp³-hybridized carbons (Fsp3) is 0.333. The van der Waals surface area contributed by atoms with E-state index in [9.17, 15) is 4.79 Å². The van der Waals surface area contributed by atoms with Crippen molar-refractivity contribution in [2.45, 2.75) is 25.8 Å². The van der Waals surface area contributed by atoms with E-state index in [0.29, 0.717) is 13.0 Å². The maximum absolute atomic E-state index is 10.5. The lowest BCUT2D eigenvalue weighted by atomic mass is 10.1. The highest BCUT2D eigenvalue weighted by Gasteiger charge is 2.07. The SMILES string of the molecule is O=C(O)CCn1nnnc1CCc1ccccc1. The van der Waals surface area contributed by atoms with Crippen molar-refractivity contribution >= 4 is 5.97 Å². The summed E-state index contributed by atoms with van der Waals surface area (Å²) >= 11 is 0. The summed E-state index contributed by atoms with van der Waals surface area (Å²) in [6.45, 7) is 0.312. The van der Waals surface area contributed by atoms with Crippen LogP contribution < -0.4 is 0 Å². The number of aliphatic carboxylic acids is 1. The lowest BCUT2D eigenvalue weighted by Gasteiger charge is -2.03. The fourth-order valence-electron chi connectivity index (χ4n) is 1.68. The summed E-state index contributed by atoms with van der Waals surface area (Å²) < 4.78 is 1.55. The Bertz CT molecular complexity index is 510. The van der Waals surface area contributed by atoms with Gasteiger partial charge in [-0.2, -0.15) is 0 Å². The van der Waals surface area contributed by atoms with Crippen molar-refractivity contribution in [3.8, 4) is 0 Å². The number of aryl methyl sites for hydroxylation is 3. The molecule has 1 heterocycles. The fourth-order valence-corrected chi connectivity index (χ4v) is 1.68. The number of hydrogen-bond acceptors (Lipinski definition) is 4. The number of carboxylic acids is 1. The van der Waals surface area contributed by atoms with Gasteiger partial charge in [-0.15, -0.1) is 5.10 Å². The molecule has 0 aliphatic heterocycles. The summed E-state index contributed by atoms with van der Waals surface area (Å²) in [4.78, 5) is 10.5. The largest absolute Gasteiger partial charge is 0.481 e. The molecule has 94 valence electrons. The van der Waals surface area contributed by atoms with Crippen molar-refractivity contribution in [2.24, 2.45) is 0 Å². The van der Waals surface area contributed by atoms with Gasteiger partial charge in [-0.25, -0.2) is 4.68 Å². The topological polar surface area (TPSA) is 80.9 Å². The van der Waals surface area contributed by atoms with E-state index in [0.717, 1.165) is 12.2 Å². The zero-order valence-corrected chi connectivity index (χ0v) is 9.86. The number of carbonyl (C=O) groups is 1. The maximum atomic E-state index is 10.5. The van der Waals surface area contributed by atoms with Crippen LogP contribution in [-0.4, -0.2) is 31.3 Å². The first kappa shape index (κ1) is 12.2. The van der Waals surface area contributed by atoms with Gasteiger partial charge in [-0.05, 0) is 22.4 Å². The van der Waals surface area contributed by atoms with Gasteiger partial charge in [0.2, 0.25) is 0 Å². The second-order valence-corrected chi connectivity index (χ2v) is 3.95. The average Bonchev–Trinajstić information content (AvgIpc) is 2.82. The van der Waals surface area contributed by atoms with Gasteiger partial charge in [0.1, 0.15) is 0 Å². The van der Waals surface area contributed by atoms with Crippen molar-refractivity contribution in [3.63, 3.8) is 0 Å². The molecule has 0 fully saturated rings. The molecule has 0 bridgehead atoms. The van der Waals surface area contributed by atoms with Crippen LogP contribution in [-0.2, 0) is 24.2 Å². The van der Waals surface area contributed by atoms with E-state index in [4.69, 9.17) is 5.11 Å². The molecule has 0 spiro atoms. The maximum Gasteiger partial charge on any atom is 0.305 e. The number of benzene rings is 1. The first-order valence-corrected chi connectivity index (χ1v) is 5.76. The smallest absolute Gasteiger partial charge is 0.305 e. The molecule has 6 nitrogen and oxygen atoms in total. The van der Waals surface area contributed by atoms with E-state index in [2.05, 4.69) is 15.5 Å². The van der Waals surface area contributed by atoms with Crippen LogP contribution >= 0.6 is 0 Å². The molecular weight excluding hydrogens is 232 g/mol. The third-order valence-electron chi connectivity index (χ3n) is 2.62. The Morgan fingerprint density at radius 3 is 2.72 bits per heavy atom. The van der Waals surface area contributed by atoms with Gasteiger partial charge in [0, 0.05) is 6.42 Å². The van der Waals surface area contributed by atoms with Crippen LogP contribution in [0, 0.1) is 0 Å². The van der Waals surface area contributed by atoms with Crippen LogP contribution in [0.2, 0.25) is 0 Å². The minimum absolute atomic E-state index is 0.0311. The van der Waals surface area contributed by atoms with Gasteiger partial charge in [0.05, 0.1) is 13.0 Å². The molecule has 0 aliphatic carbocycles. The Kier molecular flexibility index (Phi) is 4.01. The van der Waals surface area contributed by atoms with Crippen LogP contribution in [0.3, 0.4) is 0 Å². The van der Waals surface area contributed by atoms with E-state index >= 15 is 0 Å². The zero-order valence-electron chi connectivity index (χ0n) is 9.86. The first-order valence-electron chi connectivity index (χ1n) is 5.76. The molecule has 2 rings (SSSR count). The second kappa shape index (κ2) is 5.90. The lowest BCUT2D eigenvalue weighted by molar-refractivity contribution is -0.137. The van der Waals surface area contributed by atoms with Crippen molar-refractivity contribution in [3.05, 3.63) is 41.7 Å². The van der Waals surface area contributed by atoms with Crippen LogP contribution in [0.5, 0.6) is 0 Å². The number of tetrazole rings is 1. The summed E-state index contributed by atoms with van der Waals surface area (Å²) in [7, 11) is 0. The minimum Gasteiger partial charge on any atom is -0.481 e. The predicted octanol–water partition coefficient (Wildman–Crippen LogP) is 0.933. The number of carboxylic acid groups (broad SMARTS) is 1. The molecule has 0 saturated carbocycles. The van der Waals surface area contributed by atoms with Crippen molar-refractivity contribution in [1.82, 2.24) is 20.2 Å². The number of rotatable bonds is 6. The van der Waals surface area contributed by atoms with E-state index in [-0.39, 0.29) is 6.42 Å².